The SMILES string of the molecule is C=CC(=O)N(C(=O)c1cc(C(=O)N(C(=O)C=C)C2CC(C)(C)N(O)C(C)(C)C2)cc(C(=O)N(C(=O)C=C)C2CC(C)(C)N(O)C(C)(C)C2)c1)C1CC(C)(C)N(O)C(C)(C)C1. The van der Waals surface area contributed by atoms with Crippen LogP contribution in [0.15, 0.2) is 56.2 Å². The summed E-state index contributed by atoms with van der Waals surface area (Å²) in [5.41, 5.74) is -6.10. The second-order valence-electron chi connectivity index (χ2n) is 20.4. The number of hydroxylamine groups is 6. The van der Waals surface area contributed by atoms with Crippen molar-refractivity contribution in [3.63, 3.8) is 0 Å². The van der Waals surface area contributed by atoms with E-state index in [0.717, 1.165) is 32.9 Å². The quantitative estimate of drug-likeness (QED) is 0.234. The van der Waals surface area contributed by atoms with E-state index in [1.165, 1.54) is 33.4 Å². The van der Waals surface area contributed by atoms with Gasteiger partial charge in [0.05, 0.1) is 0 Å². The highest BCUT2D eigenvalue weighted by Crippen LogP contribution is 2.42. The molecule has 15 nitrogen and oxygen atoms in total. The van der Waals surface area contributed by atoms with Gasteiger partial charge in [-0.15, -0.1) is 0 Å². The first-order valence-electron chi connectivity index (χ1n) is 20.4. The molecular weight excluding hydrogens is 769 g/mol. The van der Waals surface area contributed by atoms with E-state index in [9.17, 15) is 44.4 Å². The number of hydrogen-bond donors (Lipinski definition) is 3. The highest BCUT2D eigenvalue weighted by molar-refractivity contribution is 6.14. The third-order valence-electron chi connectivity index (χ3n) is 12.5. The molecule has 3 aliphatic heterocycles. The van der Waals surface area contributed by atoms with Gasteiger partial charge in [-0.3, -0.25) is 43.5 Å². The number of nitrogens with zero attached hydrogens (tertiary/aromatic N) is 6. The topological polar surface area (TPSA) is 183 Å². The summed E-state index contributed by atoms with van der Waals surface area (Å²) in [6.07, 6.45) is 3.96. The Morgan fingerprint density at radius 3 is 0.767 bits per heavy atom. The van der Waals surface area contributed by atoms with E-state index in [1.807, 2.05) is 0 Å². The molecule has 15 heteroatoms. The van der Waals surface area contributed by atoms with Gasteiger partial charge in [-0.05, 0) is 158 Å². The minimum Gasteiger partial charge on any atom is -0.313 e. The Labute approximate surface area is 354 Å². The van der Waals surface area contributed by atoms with Crippen molar-refractivity contribution in [2.75, 3.05) is 0 Å². The third kappa shape index (κ3) is 9.12. The van der Waals surface area contributed by atoms with Crippen LogP contribution in [0.4, 0.5) is 0 Å². The zero-order valence-electron chi connectivity index (χ0n) is 37.5. The summed E-state index contributed by atoms with van der Waals surface area (Å²) < 4.78 is 0. The highest BCUT2D eigenvalue weighted by atomic mass is 16.5. The molecule has 0 radical (unpaired) electrons. The van der Waals surface area contributed by atoms with Crippen LogP contribution in [-0.2, 0) is 14.4 Å². The van der Waals surface area contributed by atoms with Gasteiger partial charge in [0.1, 0.15) is 0 Å². The van der Waals surface area contributed by atoms with Gasteiger partial charge in [-0.2, -0.15) is 15.2 Å². The van der Waals surface area contributed by atoms with E-state index in [2.05, 4.69) is 19.7 Å². The first-order valence-corrected chi connectivity index (χ1v) is 20.4. The van der Waals surface area contributed by atoms with Crippen molar-refractivity contribution in [3.8, 4) is 0 Å². The van der Waals surface area contributed by atoms with Crippen LogP contribution in [0.5, 0.6) is 0 Å². The molecule has 4 rings (SSSR count). The maximum absolute atomic E-state index is 14.9. The molecule has 1 aromatic carbocycles. The van der Waals surface area contributed by atoms with Gasteiger partial charge in [0.2, 0.25) is 0 Å². The summed E-state index contributed by atoms with van der Waals surface area (Å²) in [5, 5.41) is 36.8. The number of hydrogen-bond acceptors (Lipinski definition) is 12. The minimum atomic E-state index is -0.889. The molecule has 3 heterocycles. The van der Waals surface area contributed by atoms with Crippen molar-refractivity contribution in [1.29, 1.82) is 0 Å². The van der Waals surface area contributed by atoms with Crippen LogP contribution >= 0.6 is 0 Å². The number of rotatable bonds is 9. The third-order valence-corrected chi connectivity index (χ3v) is 12.5. The number of carbonyl (C=O) groups excluding carboxylic acids is 6. The highest BCUT2D eigenvalue weighted by Gasteiger charge is 2.52. The van der Waals surface area contributed by atoms with Crippen LogP contribution in [0.2, 0.25) is 0 Å². The van der Waals surface area contributed by atoms with Crippen molar-refractivity contribution >= 4 is 35.4 Å². The van der Waals surface area contributed by atoms with E-state index in [4.69, 9.17) is 0 Å². The molecule has 3 fully saturated rings. The van der Waals surface area contributed by atoms with Gasteiger partial charge in [-0.25, -0.2) is 0 Å². The number of benzene rings is 1. The standard InChI is InChI=1S/C45H66N6O9/c1-16-34(52)46(31-22-40(4,5)49(58)41(6,7)23-31)37(55)28-19-29(38(56)47(35(53)17-2)32-24-42(8,9)50(59)43(10,11)25-32)21-30(20-28)39(57)48(36(54)18-3)33-26-44(12,13)51(60)45(14,15)27-33/h16-21,31-33,58-60H,1-3,22-27H2,4-15H3. The molecule has 0 atom stereocenters. The lowest BCUT2D eigenvalue weighted by atomic mass is 9.78. The molecule has 330 valence electrons. The Kier molecular flexibility index (Phi) is 13.3. The molecule has 0 spiro atoms. The van der Waals surface area contributed by atoms with E-state index >= 15 is 0 Å². The van der Waals surface area contributed by atoms with Gasteiger partial charge in [-0.1, -0.05) is 19.7 Å². The van der Waals surface area contributed by atoms with Crippen LogP contribution < -0.4 is 0 Å². The Morgan fingerprint density at radius 2 is 0.617 bits per heavy atom. The Bertz CT molecular complexity index is 1680. The Hall–Kier alpha value is -4.38. The normalized spacial score (nSPS) is 22.9. The van der Waals surface area contributed by atoms with Crippen LogP contribution in [-0.4, -0.2) is 132 Å². The van der Waals surface area contributed by atoms with Crippen LogP contribution in [0.3, 0.4) is 0 Å². The Balaban J connectivity index is 1.98. The molecule has 0 unspecified atom stereocenters. The zero-order chi connectivity index (χ0) is 45.9. The van der Waals surface area contributed by atoms with Crippen LogP contribution in [0.25, 0.3) is 0 Å². The predicted molar refractivity (Wildman–Crippen MR) is 225 cm³/mol. The van der Waals surface area contributed by atoms with Gasteiger partial charge in [0, 0.05) is 68.0 Å². The fraction of sp³-hybridized carbons (Fsp3) is 0.600. The lowest BCUT2D eigenvalue weighted by molar-refractivity contribution is -0.249. The number of carbonyl (C=O) groups is 6. The molecule has 6 amide bonds. The van der Waals surface area contributed by atoms with Crippen molar-refractivity contribution < 1.29 is 44.4 Å². The number of imide groups is 3. The van der Waals surface area contributed by atoms with E-state index in [1.54, 1.807) is 83.1 Å². The summed E-state index contributed by atoms with van der Waals surface area (Å²) in [6, 6.07) is 1.36. The number of amides is 6. The zero-order valence-corrected chi connectivity index (χ0v) is 37.5. The first-order chi connectivity index (χ1) is 27.3. The van der Waals surface area contributed by atoms with E-state index in [-0.39, 0.29) is 55.2 Å². The van der Waals surface area contributed by atoms with Gasteiger partial charge >= 0.3 is 0 Å². The summed E-state index contributed by atoms with van der Waals surface area (Å²) >= 11 is 0. The fourth-order valence-corrected chi connectivity index (χ4v) is 10.2. The smallest absolute Gasteiger partial charge is 0.261 e. The Morgan fingerprint density at radius 1 is 0.450 bits per heavy atom. The summed E-state index contributed by atoms with van der Waals surface area (Å²) in [7, 11) is 0. The van der Waals surface area contributed by atoms with Crippen molar-refractivity contribution in [1.82, 2.24) is 29.9 Å². The predicted octanol–water partition coefficient (Wildman–Crippen LogP) is 6.38. The largest absolute Gasteiger partial charge is 0.313 e. The molecule has 0 aliphatic carbocycles. The molecule has 1 aromatic rings. The van der Waals surface area contributed by atoms with Crippen molar-refractivity contribution in [2.24, 2.45) is 0 Å². The molecule has 0 aromatic heterocycles. The maximum atomic E-state index is 14.9. The summed E-state index contributed by atoms with van der Waals surface area (Å²) in [4.78, 5) is 89.1. The lowest BCUT2D eigenvalue weighted by Crippen LogP contribution is -2.64. The molecule has 60 heavy (non-hydrogen) atoms. The second-order valence-corrected chi connectivity index (χ2v) is 20.4. The molecule has 3 saturated heterocycles. The minimum absolute atomic E-state index is 0.163. The van der Waals surface area contributed by atoms with Crippen LogP contribution in [0, 0.1) is 0 Å². The summed E-state index contributed by atoms with van der Waals surface area (Å²) in [5.74, 6) is -4.87. The monoisotopic (exact) mass is 834 g/mol. The lowest BCUT2D eigenvalue weighted by Gasteiger charge is -2.53. The maximum Gasteiger partial charge on any atom is 0.261 e. The van der Waals surface area contributed by atoms with E-state index < -0.39 is 86.8 Å². The molecule has 3 N–H and O–H groups in total. The average Bonchev–Trinajstić information content (AvgIpc) is 3.13. The van der Waals surface area contributed by atoms with Crippen molar-refractivity contribution in [2.45, 2.75) is 173 Å². The van der Waals surface area contributed by atoms with Crippen LogP contribution in [0.1, 0.15) is 153 Å². The molecule has 0 saturated carbocycles. The van der Waals surface area contributed by atoms with Gasteiger partial charge in [0.15, 0.2) is 0 Å². The molecule has 0 bridgehead atoms. The molecule has 3 aliphatic rings. The van der Waals surface area contributed by atoms with E-state index in [0.29, 0.717) is 0 Å². The van der Waals surface area contributed by atoms with Gasteiger partial charge in [0.25, 0.3) is 35.4 Å². The second kappa shape index (κ2) is 16.5. The van der Waals surface area contributed by atoms with Crippen molar-refractivity contribution in [3.05, 3.63) is 72.9 Å². The first kappa shape index (κ1) is 48.3. The van der Waals surface area contributed by atoms with Gasteiger partial charge < -0.3 is 15.6 Å². The average molecular weight is 835 g/mol. The fourth-order valence-electron chi connectivity index (χ4n) is 10.2. The number of piperidine rings is 3. The molecular formula is C45H66N6O9. The summed E-state index contributed by atoms with van der Waals surface area (Å²) in [6.45, 7) is 32.3.